The number of halogens is 2. The smallest absolute Gasteiger partial charge is 0.317 e. The minimum absolute atomic E-state index is 0.0134. The summed E-state index contributed by atoms with van der Waals surface area (Å²) < 4.78 is 14.2. The van der Waals surface area contributed by atoms with Crippen LogP contribution in [0.25, 0.3) is 0 Å². The SMILES string of the molecule is CCN(CC(=O)O)C1CC(NC(=O)NCC(C)(C)c2cccc(Cl)c2F)C1. The number of carboxylic acid groups (broad SMARTS) is 1. The van der Waals surface area contributed by atoms with Gasteiger partial charge in [0.05, 0.1) is 11.6 Å². The third kappa shape index (κ3) is 5.56. The fraction of sp³-hybridized carbons (Fsp3) is 0.579. The summed E-state index contributed by atoms with van der Waals surface area (Å²) in [6.07, 6.45) is 1.45. The minimum Gasteiger partial charge on any atom is -0.480 e. The van der Waals surface area contributed by atoms with Gasteiger partial charge in [0, 0.05) is 24.0 Å². The Morgan fingerprint density at radius 1 is 1.37 bits per heavy atom. The minimum atomic E-state index is -0.846. The van der Waals surface area contributed by atoms with Gasteiger partial charge in [-0.3, -0.25) is 9.69 Å². The van der Waals surface area contributed by atoms with Crippen LogP contribution in [-0.2, 0) is 10.2 Å². The summed E-state index contributed by atoms with van der Waals surface area (Å²) in [5.41, 5.74) is -0.166. The first-order chi connectivity index (χ1) is 12.6. The third-order valence-corrected chi connectivity index (χ3v) is 5.37. The third-order valence-electron chi connectivity index (χ3n) is 5.08. The van der Waals surface area contributed by atoms with Gasteiger partial charge in [-0.1, -0.05) is 44.5 Å². The molecule has 1 saturated carbocycles. The first-order valence-corrected chi connectivity index (χ1v) is 9.46. The standard InChI is InChI=1S/C19H27ClFN3O3/c1-4-24(10-16(25)26)13-8-12(9-13)23-18(27)22-11-19(2,3)14-6-5-7-15(20)17(14)21/h5-7,12-13H,4,8-11H2,1-3H3,(H,25,26)(H2,22,23,27). The van der Waals surface area contributed by atoms with Crippen LogP contribution in [-0.4, -0.2) is 53.7 Å². The summed E-state index contributed by atoms with van der Waals surface area (Å²) in [5, 5.41) is 14.7. The summed E-state index contributed by atoms with van der Waals surface area (Å²) in [6, 6.07) is 4.73. The lowest BCUT2D eigenvalue weighted by Crippen LogP contribution is -2.56. The molecular weight excluding hydrogens is 373 g/mol. The molecule has 3 N–H and O–H groups in total. The number of hydrogen-bond acceptors (Lipinski definition) is 3. The zero-order valence-electron chi connectivity index (χ0n) is 15.9. The van der Waals surface area contributed by atoms with E-state index in [2.05, 4.69) is 10.6 Å². The second kappa shape index (κ2) is 8.89. The molecule has 1 aliphatic rings. The molecule has 6 nitrogen and oxygen atoms in total. The number of nitrogens with zero attached hydrogens (tertiary/aromatic N) is 1. The van der Waals surface area contributed by atoms with Gasteiger partial charge in [0.25, 0.3) is 0 Å². The number of carbonyl (C=O) groups is 2. The summed E-state index contributed by atoms with van der Waals surface area (Å²) in [6.45, 7) is 6.54. The molecule has 0 atom stereocenters. The van der Waals surface area contributed by atoms with Crippen LogP contribution in [0.15, 0.2) is 18.2 Å². The average Bonchev–Trinajstić information content (AvgIpc) is 2.56. The average molecular weight is 400 g/mol. The number of carboxylic acids is 1. The summed E-state index contributed by atoms with van der Waals surface area (Å²) in [4.78, 5) is 24.9. The number of urea groups is 1. The zero-order valence-corrected chi connectivity index (χ0v) is 16.6. The highest BCUT2D eigenvalue weighted by atomic mass is 35.5. The molecule has 0 aliphatic heterocycles. The first-order valence-electron chi connectivity index (χ1n) is 9.08. The van der Waals surface area contributed by atoms with E-state index in [0.717, 1.165) is 12.8 Å². The zero-order chi connectivity index (χ0) is 20.2. The number of hydrogen-bond donors (Lipinski definition) is 3. The molecule has 2 amide bonds. The van der Waals surface area contributed by atoms with Crippen LogP contribution in [0.3, 0.4) is 0 Å². The van der Waals surface area contributed by atoms with Crippen molar-refractivity contribution in [3.8, 4) is 0 Å². The van der Waals surface area contributed by atoms with E-state index < -0.39 is 17.2 Å². The second-order valence-corrected chi connectivity index (χ2v) is 8.00. The fourth-order valence-electron chi connectivity index (χ4n) is 3.34. The lowest BCUT2D eigenvalue weighted by Gasteiger charge is -2.42. The molecule has 0 unspecified atom stereocenters. The molecule has 1 aromatic rings. The number of amides is 2. The first kappa shape index (κ1) is 21.4. The number of benzene rings is 1. The molecule has 0 saturated heterocycles. The molecule has 8 heteroatoms. The Labute approximate surface area is 164 Å². The van der Waals surface area contributed by atoms with Crippen molar-refractivity contribution in [2.45, 2.75) is 51.1 Å². The molecule has 150 valence electrons. The summed E-state index contributed by atoms with van der Waals surface area (Å²) >= 11 is 5.85. The molecule has 0 spiro atoms. The normalized spacial score (nSPS) is 19.5. The number of nitrogens with one attached hydrogen (secondary N) is 2. The van der Waals surface area contributed by atoms with Crippen LogP contribution >= 0.6 is 11.6 Å². The van der Waals surface area contributed by atoms with Gasteiger partial charge in [-0.2, -0.15) is 0 Å². The van der Waals surface area contributed by atoms with Crippen molar-refractivity contribution >= 4 is 23.6 Å². The fourth-order valence-corrected chi connectivity index (χ4v) is 3.51. The van der Waals surface area contributed by atoms with E-state index >= 15 is 0 Å². The highest BCUT2D eigenvalue weighted by Gasteiger charge is 2.35. The molecule has 2 rings (SSSR count). The van der Waals surface area contributed by atoms with Crippen molar-refractivity contribution < 1.29 is 19.1 Å². The highest BCUT2D eigenvalue weighted by Crippen LogP contribution is 2.29. The van der Waals surface area contributed by atoms with Crippen LogP contribution in [0.2, 0.25) is 5.02 Å². The van der Waals surface area contributed by atoms with Gasteiger partial charge in [-0.25, -0.2) is 9.18 Å². The Hall–Kier alpha value is -1.86. The van der Waals surface area contributed by atoms with E-state index in [9.17, 15) is 14.0 Å². The quantitative estimate of drug-likeness (QED) is 0.627. The predicted octanol–water partition coefficient (Wildman–Crippen LogP) is 2.99. The van der Waals surface area contributed by atoms with Gasteiger partial charge in [0.15, 0.2) is 0 Å². The molecule has 0 heterocycles. The van der Waals surface area contributed by atoms with Gasteiger partial charge in [0.1, 0.15) is 5.82 Å². The topological polar surface area (TPSA) is 81.7 Å². The molecule has 1 fully saturated rings. The van der Waals surface area contributed by atoms with Gasteiger partial charge in [-0.05, 0) is 31.0 Å². The van der Waals surface area contributed by atoms with E-state index in [-0.39, 0.29) is 36.2 Å². The largest absolute Gasteiger partial charge is 0.480 e. The van der Waals surface area contributed by atoms with Crippen LogP contribution in [0, 0.1) is 5.82 Å². The molecule has 0 radical (unpaired) electrons. The number of rotatable bonds is 8. The van der Waals surface area contributed by atoms with Crippen molar-refractivity contribution in [3.05, 3.63) is 34.6 Å². The summed E-state index contributed by atoms with van der Waals surface area (Å²) in [7, 11) is 0. The van der Waals surface area contributed by atoms with Gasteiger partial charge in [0.2, 0.25) is 0 Å². The van der Waals surface area contributed by atoms with Crippen LogP contribution in [0.1, 0.15) is 39.2 Å². The maximum Gasteiger partial charge on any atom is 0.317 e. The molecule has 1 aromatic carbocycles. The van der Waals surface area contributed by atoms with E-state index in [1.807, 2.05) is 25.7 Å². The van der Waals surface area contributed by atoms with E-state index in [4.69, 9.17) is 16.7 Å². The Kier molecular flexibility index (Phi) is 7.06. The van der Waals surface area contributed by atoms with Crippen molar-refractivity contribution in [2.75, 3.05) is 19.6 Å². The maximum absolute atomic E-state index is 14.2. The van der Waals surface area contributed by atoms with Gasteiger partial charge < -0.3 is 15.7 Å². The Balaban J connectivity index is 1.80. The number of likely N-dealkylation sites (N-methyl/N-ethyl adjacent to an activating group) is 1. The van der Waals surface area contributed by atoms with Crippen LogP contribution < -0.4 is 10.6 Å². The van der Waals surface area contributed by atoms with Gasteiger partial charge >= 0.3 is 12.0 Å². The lowest BCUT2D eigenvalue weighted by atomic mass is 9.84. The van der Waals surface area contributed by atoms with E-state index in [0.29, 0.717) is 12.1 Å². The molecule has 0 bridgehead atoms. The molecular formula is C19H27ClFN3O3. The second-order valence-electron chi connectivity index (χ2n) is 7.59. The van der Waals surface area contributed by atoms with E-state index in [1.54, 1.807) is 12.1 Å². The lowest BCUT2D eigenvalue weighted by molar-refractivity contribution is -0.139. The molecule has 0 aromatic heterocycles. The predicted molar refractivity (Wildman–Crippen MR) is 103 cm³/mol. The molecule has 1 aliphatic carbocycles. The highest BCUT2D eigenvalue weighted by molar-refractivity contribution is 6.30. The van der Waals surface area contributed by atoms with Crippen molar-refractivity contribution in [1.82, 2.24) is 15.5 Å². The Morgan fingerprint density at radius 3 is 2.63 bits per heavy atom. The number of aliphatic carboxylic acids is 1. The maximum atomic E-state index is 14.2. The summed E-state index contributed by atoms with van der Waals surface area (Å²) in [5.74, 6) is -1.31. The van der Waals surface area contributed by atoms with E-state index in [1.165, 1.54) is 6.07 Å². The van der Waals surface area contributed by atoms with Crippen molar-refractivity contribution in [3.63, 3.8) is 0 Å². The van der Waals surface area contributed by atoms with Crippen LogP contribution in [0.5, 0.6) is 0 Å². The number of carbonyl (C=O) groups excluding carboxylic acids is 1. The molecule has 27 heavy (non-hydrogen) atoms. The monoisotopic (exact) mass is 399 g/mol. The van der Waals surface area contributed by atoms with Crippen LogP contribution in [0.4, 0.5) is 9.18 Å². The van der Waals surface area contributed by atoms with Crippen molar-refractivity contribution in [1.29, 1.82) is 0 Å². The Bertz CT molecular complexity index is 693. The van der Waals surface area contributed by atoms with Crippen molar-refractivity contribution in [2.24, 2.45) is 0 Å². The Morgan fingerprint density at radius 2 is 2.04 bits per heavy atom. The van der Waals surface area contributed by atoms with Gasteiger partial charge in [-0.15, -0.1) is 0 Å².